The number of fused-ring (bicyclic) bond motifs is 1. The highest BCUT2D eigenvalue weighted by Crippen LogP contribution is 2.30. The summed E-state index contributed by atoms with van der Waals surface area (Å²) >= 11 is 6.23. The maximum Gasteiger partial charge on any atom is 0.197 e. The van der Waals surface area contributed by atoms with Crippen LogP contribution in [-0.2, 0) is 0 Å². The molecule has 1 aromatic carbocycles. The molecule has 0 spiro atoms. The molecule has 1 N–H and O–H groups in total. The second kappa shape index (κ2) is 7.45. The van der Waals surface area contributed by atoms with E-state index in [-0.39, 0.29) is 5.43 Å². The molecule has 7 heteroatoms. The quantitative estimate of drug-likeness (QED) is 0.733. The summed E-state index contributed by atoms with van der Waals surface area (Å²) in [7, 11) is 3.68. The Hall–Kier alpha value is -2.57. The number of rotatable bonds is 3. The van der Waals surface area contributed by atoms with Gasteiger partial charge in [-0.2, -0.15) is 0 Å². The second-order valence-electron chi connectivity index (χ2n) is 7.18. The largest absolute Gasteiger partial charge is 0.495 e. The standard InChI is InChI=1S/C21H23ClN4O2/c1-13-20(21(27)15-10-16(22)18(28-3)11-17(15)24-13)14-4-5-19(23-12-14)26-8-6-25(2)7-9-26/h4-5,10-12H,6-9H2,1-3H3,(H,24,27). The molecule has 0 radical (unpaired) electrons. The molecule has 3 aromatic rings. The molecule has 0 aliphatic carbocycles. The first-order valence-corrected chi connectivity index (χ1v) is 9.66. The van der Waals surface area contributed by atoms with Crippen molar-refractivity contribution in [2.24, 2.45) is 0 Å². The van der Waals surface area contributed by atoms with Gasteiger partial charge in [0.15, 0.2) is 5.43 Å². The van der Waals surface area contributed by atoms with E-state index in [9.17, 15) is 4.79 Å². The van der Waals surface area contributed by atoms with E-state index >= 15 is 0 Å². The minimum absolute atomic E-state index is 0.0649. The van der Waals surface area contributed by atoms with Gasteiger partial charge in [-0.05, 0) is 32.2 Å². The summed E-state index contributed by atoms with van der Waals surface area (Å²) in [6, 6.07) is 7.37. The number of halogens is 1. The molecule has 6 nitrogen and oxygen atoms in total. The smallest absolute Gasteiger partial charge is 0.197 e. The van der Waals surface area contributed by atoms with E-state index in [1.165, 1.54) is 0 Å². The summed E-state index contributed by atoms with van der Waals surface area (Å²) in [5.74, 6) is 1.48. The van der Waals surface area contributed by atoms with Gasteiger partial charge in [-0.3, -0.25) is 4.79 Å². The fraction of sp³-hybridized carbons (Fsp3) is 0.333. The van der Waals surface area contributed by atoms with Gasteiger partial charge < -0.3 is 19.5 Å². The maximum absolute atomic E-state index is 13.2. The number of anilines is 1. The van der Waals surface area contributed by atoms with Crippen LogP contribution in [0.4, 0.5) is 5.82 Å². The van der Waals surface area contributed by atoms with Gasteiger partial charge in [0.2, 0.25) is 0 Å². The molecule has 0 amide bonds. The summed E-state index contributed by atoms with van der Waals surface area (Å²) in [4.78, 5) is 25.7. The van der Waals surface area contributed by atoms with E-state index < -0.39 is 0 Å². The average Bonchev–Trinajstić information content (AvgIpc) is 2.69. The van der Waals surface area contributed by atoms with Crippen molar-refractivity contribution in [3.63, 3.8) is 0 Å². The maximum atomic E-state index is 13.2. The number of benzene rings is 1. The van der Waals surface area contributed by atoms with Crippen molar-refractivity contribution in [1.29, 1.82) is 0 Å². The predicted octanol–water partition coefficient (Wildman–Crippen LogP) is 3.31. The Morgan fingerprint density at radius 3 is 2.57 bits per heavy atom. The van der Waals surface area contributed by atoms with Crippen molar-refractivity contribution in [1.82, 2.24) is 14.9 Å². The molecule has 1 saturated heterocycles. The lowest BCUT2D eigenvalue weighted by Crippen LogP contribution is -2.44. The van der Waals surface area contributed by atoms with Crippen LogP contribution < -0.4 is 15.1 Å². The molecule has 1 fully saturated rings. The van der Waals surface area contributed by atoms with Crippen molar-refractivity contribution >= 4 is 28.3 Å². The number of nitrogens with one attached hydrogen (secondary N) is 1. The van der Waals surface area contributed by atoms with E-state index in [1.54, 1.807) is 25.4 Å². The fourth-order valence-corrected chi connectivity index (χ4v) is 3.92. The van der Waals surface area contributed by atoms with Crippen LogP contribution in [0.2, 0.25) is 5.02 Å². The van der Waals surface area contributed by atoms with E-state index in [1.807, 2.05) is 19.1 Å². The number of H-pyrrole nitrogens is 1. The minimum Gasteiger partial charge on any atom is -0.495 e. The van der Waals surface area contributed by atoms with Crippen molar-refractivity contribution in [2.75, 3.05) is 45.2 Å². The first kappa shape index (κ1) is 18.8. The van der Waals surface area contributed by atoms with Crippen LogP contribution in [0.15, 0.2) is 35.3 Å². The minimum atomic E-state index is -0.0649. The van der Waals surface area contributed by atoms with E-state index in [2.05, 4.69) is 26.8 Å². The Morgan fingerprint density at radius 2 is 1.93 bits per heavy atom. The molecular weight excluding hydrogens is 376 g/mol. The lowest BCUT2D eigenvalue weighted by atomic mass is 10.0. The third-order valence-corrected chi connectivity index (χ3v) is 5.62. The van der Waals surface area contributed by atoms with E-state index in [0.29, 0.717) is 27.2 Å². The third-order valence-electron chi connectivity index (χ3n) is 5.32. The molecule has 0 bridgehead atoms. The summed E-state index contributed by atoms with van der Waals surface area (Å²) in [6.07, 6.45) is 1.78. The molecule has 3 heterocycles. The van der Waals surface area contributed by atoms with Crippen molar-refractivity contribution in [3.05, 3.63) is 51.4 Å². The lowest BCUT2D eigenvalue weighted by molar-refractivity contribution is 0.312. The van der Waals surface area contributed by atoms with Gasteiger partial charge in [0.05, 0.1) is 23.2 Å². The number of nitrogens with zero attached hydrogens (tertiary/aromatic N) is 3. The second-order valence-corrected chi connectivity index (χ2v) is 7.59. The van der Waals surface area contributed by atoms with E-state index in [0.717, 1.165) is 43.3 Å². The van der Waals surface area contributed by atoms with Crippen molar-refractivity contribution < 1.29 is 4.74 Å². The van der Waals surface area contributed by atoms with Crippen LogP contribution >= 0.6 is 11.6 Å². The number of aryl methyl sites for hydroxylation is 1. The summed E-state index contributed by atoms with van der Waals surface area (Å²) in [5, 5.41) is 0.952. The predicted molar refractivity (Wildman–Crippen MR) is 114 cm³/mol. The zero-order chi connectivity index (χ0) is 19.8. The molecule has 28 heavy (non-hydrogen) atoms. The summed E-state index contributed by atoms with van der Waals surface area (Å²) in [6.45, 7) is 5.86. The Bertz CT molecular complexity index is 1070. The molecule has 1 aliphatic rings. The molecule has 1 aliphatic heterocycles. The van der Waals surface area contributed by atoms with Gasteiger partial charge >= 0.3 is 0 Å². The normalized spacial score (nSPS) is 15.2. The van der Waals surface area contributed by atoms with Crippen LogP contribution in [0.3, 0.4) is 0 Å². The first-order valence-electron chi connectivity index (χ1n) is 9.28. The molecule has 2 aromatic heterocycles. The first-order chi connectivity index (χ1) is 13.5. The molecule has 0 saturated carbocycles. The average molecular weight is 399 g/mol. The van der Waals surface area contributed by atoms with Crippen LogP contribution in [0.1, 0.15) is 5.69 Å². The number of aromatic amines is 1. The van der Waals surface area contributed by atoms with Crippen LogP contribution in [0, 0.1) is 6.92 Å². The van der Waals surface area contributed by atoms with Crippen LogP contribution in [0.25, 0.3) is 22.0 Å². The third kappa shape index (κ3) is 3.34. The highest BCUT2D eigenvalue weighted by molar-refractivity contribution is 6.32. The molecule has 0 unspecified atom stereocenters. The topological polar surface area (TPSA) is 61.5 Å². The van der Waals surface area contributed by atoms with Gasteiger partial charge in [-0.15, -0.1) is 0 Å². The summed E-state index contributed by atoms with van der Waals surface area (Å²) < 4.78 is 5.25. The summed E-state index contributed by atoms with van der Waals surface area (Å²) in [5.41, 5.74) is 2.84. The van der Waals surface area contributed by atoms with Gasteiger partial charge in [0, 0.05) is 55.1 Å². The van der Waals surface area contributed by atoms with Crippen molar-refractivity contribution in [3.8, 4) is 16.9 Å². The Kier molecular flexibility index (Phi) is 5.00. The number of hydrogen-bond donors (Lipinski definition) is 1. The Morgan fingerprint density at radius 1 is 1.18 bits per heavy atom. The molecule has 146 valence electrons. The SMILES string of the molecule is COc1cc2[nH]c(C)c(-c3ccc(N4CCN(C)CC4)nc3)c(=O)c2cc1Cl. The number of piperazine rings is 1. The molecular formula is C21H23ClN4O2. The Balaban J connectivity index is 1.73. The number of pyridine rings is 2. The number of aromatic nitrogens is 2. The zero-order valence-electron chi connectivity index (χ0n) is 16.3. The van der Waals surface area contributed by atoms with Gasteiger partial charge in [0.25, 0.3) is 0 Å². The van der Waals surface area contributed by atoms with Gasteiger partial charge in [-0.1, -0.05) is 11.6 Å². The highest BCUT2D eigenvalue weighted by Gasteiger charge is 2.17. The fourth-order valence-electron chi connectivity index (χ4n) is 3.67. The monoisotopic (exact) mass is 398 g/mol. The van der Waals surface area contributed by atoms with Crippen molar-refractivity contribution in [2.45, 2.75) is 6.92 Å². The van der Waals surface area contributed by atoms with Crippen LogP contribution in [-0.4, -0.2) is 55.2 Å². The number of hydrogen-bond acceptors (Lipinski definition) is 5. The van der Waals surface area contributed by atoms with Crippen LogP contribution in [0.5, 0.6) is 5.75 Å². The number of methoxy groups -OCH3 is 1. The van der Waals surface area contributed by atoms with Gasteiger partial charge in [0.1, 0.15) is 11.6 Å². The number of ether oxygens (including phenoxy) is 1. The van der Waals surface area contributed by atoms with E-state index in [4.69, 9.17) is 16.3 Å². The Labute approximate surface area is 168 Å². The molecule has 0 atom stereocenters. The van der Waals surface area contributed by atoms with Gasteiger partial charge in [-0.25, -0.2) is 4.98 Å². The molecule has 4 rings (SSSR count). The number of likely N-dealkylation sites (N-methyl/N-ethyl adjacent to an activating group) is 1. The highest BCUT2D eigenvalue weighted by atomic mass is 35.5. The zero-order valence-corrected chi connectivity index (χ0v) is 17.0. The lowest BCUT2D eigenvalue weighted by Gasteiger charge is -2.33.